The van der Waals surface area contributed by atoms with Crippen molar-refractivity contribution in [2.75, 3.05) is 0 Å². The molecule has 0 spiro atoms. The number of pyridine rings is 1. The van der Waals surface area contributed by atoms with Crippen LogP contribution in [-0.4, -0.2) is 19.9 Å². The molecule has 0 amide bonds. The molecule has 0 aliphatic heterocycles. The number of hydrogen-bond acceptors (Lipinski definition) is 3. The monoisotopic (exact) mass is 322 g/mol. The number of aromatic amines is 1. The molecule has 1 N–H and O–H groups in total. The van der Waals surface area contributed by atoms with Gasteiger partial charge in [0.15, 0.2) is 5.82 Å². The Labute approximate surface area is 117 Å². The zero-order valence-corrected chi connectivity index (χ0v) is 11.7. The molecular weight excluding hydrogens is 316 g/mol. The van der Waals surface area contributed by atoms with Crippen LogP contribution in [0.15, 0.2) is 29.0 Å². The number of halogens is 2. The van der Waals surface area contributed by atoms with Crippen LogP contribution < -0.4 is 0 Å². The molecule has 0 saturated heterocycles. The number of nitrogens with one attached hydrogen (secondary N) is 1. The zero-order chi connectivity index (χ0) is 12.7. The maximum absolute atomic E-state index is 6.04. The first-order valence-electron chi connectivity index (χ1n) is 5.28. The SMILES string of the molecule is Cc1nc(-c2ccncc2)nc2[nH]c(Cl)c(Br)c12. The summed E-state index contributed by atoms with van der Waals surface area (Å²) in [6.45, 7) is 1.93. The van der Waals surface area contributed by atoms with E-state index in [0.29, 0.717) is 11.0 Å². The summed E-state index contributed by atoms with van der Waals surface area (Å²) in [6.07, 6.45) is 3.44. The summed E-state index contributed by atoms with van der Waals surface area (Å²) in [6, 6.07) is 3.75. The molecule has 3 aromatic rings. The van der Waals surface area contributed by atoms with Crippen molar-refractivity contribution in [3.05, 3.63) is 39.8 Å². The van der Waals surface area contributed by atoms with Crippen LogP contribution in [0.5, 0.6) is 0 Å². The maximum Gasteiger partial charge on any atom is 0.161 e. The lowest BCUT2D eigenvalue weighted by atomic mass is 10.2. The van der Waals surface area contributed by atoms with Crippen molar-refractivity contribution in [3.8, 4) is 11.4 Å². The maximum atomic E-state index is 6.04. The fraction of sp³-hybridized carbons (Fsp3) is 0.0833. The second-order valence-electron chi connectivity index (χ2n) is 3.85. The molecule has 0 saturated carbocycles. The average molecular weight is 324 g/mol. The molecule has 0 fully saturated rings. The van der Waals surface area contributed by atoms with E-state index in [1.165, 1.54) is 0 Å². The predicted molar refractivity (Wildman–Crippen MR) is 74.6 cm³/mol. The largest absolute Gasteiger partial charge is 0.329 e. The van der Waals surface area contributed by atoms with Crippen molar-refractivity contribution in [1.29, 1.82) is 0 Å². The molecule has 0 unspecified atom stereocenters. The van der Waals surface area contributed by atoms with E-state index in [4.69, 9.17) is 11.6 Å². The number of aromatic nitrogens is 4. The Kier molecular flexibility index (Phi) is 2.80. The highest BCUT2D eigenvalue weighted by atomic mass is 79.9. The topological polar surface area (TPSA) is 54.5 Å². The van der Waals surface area contributed by atoms with Gasteiger partial charge in [-0.1, -0.05) is 11.6 Å². The Morgan fingerprint density at radius 1 is 1.22 bits per heavy atom. The lowest BCUT2D eigenvalue weighted by Crippen LogP contribution is -1.93. The van der Waals surface area contributed by atoms with Crippen molar-refractivity contribution in [2.45, 2.75) is 6.92 Å². The van der Waals surface area contributed by atoms with E-state index in [0.717, 1.165) is 26.8 Å². The Balaban J connectivity index is 2.28. The summed E-state index contributed by atoms with van der Waals surface area (Å²) in [7, 11) is 0. The summed E-state index contributed by atoms with van der Waals surface area (Å²) < 4.78 is 0.804. The zero-order valence-electron chi connectivity index (χ0n) is 9.41. The van der Waals surface area contributed by atoms with E-state index >= 15 is 0 Å². The summed E-state index contributed by atoms with van der Waals surface area (Å²) >= 11 is 9.47. The molecule has 18 heavy (non-hydrogen) atoms. The van der Waals surface area contributed by atoms with E-state index in [1.54, 1.807) is 12.4 Å². The van der Waals surface area contributed by atoms with E-state index in [9.17, 15) is 0 Å². The molecule has 0 bridgehead atoms. The van der Waals surface area contributed by atoms with Crippen molar-refractivity contribution >= 4 is 38.6 Å². The molecular formula is C12H8BrClN4. The van der Waals surface area contributed by atoms with Crippen LogP contribution in [0.2, 0.25) is 5.15 Å². The molecule has 0 aliphatic rings. The summed E-state index contributed by atoms with van der Waals surface area (Å²) in [5.74, 6) is 0.660. The van der Waals surface area contributed by atoms with Crippen LogP contribution in [0, 0.1) is 6.92 Å². The van der Waals surface area contributed by atoms with Gasteiger partial charge in [-0.2, -0.15) is 0 Å². The summed E-state index contributed by atoms with van der Waals surface area (Å²) in [4.78, 5) is 16.0. The third kappa shape index (κ3) is 1.79. The molecule has 0 aromatic carbocycles. The Bertz CT molecular complexity index is 724. The van der Waals surface area contributed by atoms with Gasteiger partial charge in [-0.15, -0.1) is 0 Å². The first-order chi connectivity index (χ1) is 8.66. The first kappa shape index (κ1) is 11.6. The van der Waals surface area contributed by atoms with Gasteiger partial charge in [-0.05, 0) is 35.0 Å². The number of aryl methyl sites for hydroxylation is 1. The fourth-order valence-electron chi connectivity index (χ4n) is 1.82. The van der Waals surface area contributed by atoms with Crippen LogP contribution >= 0.6 is 27.5 Å². The summed E-state index contributed by atoms with van der Waals surface area (Å²) in [5.41, 5.74) is 2.53. The van der Waals surface area contributed by atoms with Gasteiger partial charge < -0.3 is 4.98 Å². The third-order valence-electron chi connectivity index (χ3n) is 2.67. The van der Waals surface area contributed by atoms with Crippen LogP contribution in [-0.2, 0) is 0 Å². The molecule has 0 radical (unpaired) electrons. The number of H-pyrrole nitrogens is 1. The van der Waals surface area contributed by atoms with E-state index in [-0.39, 0.29) is 0 Å². The van der Waals surface area contributed by atoms with Gasteiger partial charge in [0.05, 0.1) is 15.6 Å². The van der Waals surface area contributed by atoms with Gasteiger partial charge in [0.2, 0.25) is 0 Å². The molecule has 0 atom stereocenters. The predicted octanol–water partition coefficient (Wildman–Crippen LogP) is 3.74. The molecule has 90 valence electrons. The van der Waals surface area contributed by atoms with Gasteiger partial charge in [0.25, 0.3) is 0 Å². The molecule has 0 aliphatic carbocycles. The molecule has 3 heterocycles. The van der Waals surface area contributed by atoms with E-state index < -0.39 is 0 Å². The molecule has 3 rings (SSSR count). The quantitative estimate of drug-likeness (QED) is 0.742. The second kappa shape index (κ2) is 4.33. The summed E-state index contributed by atoms with van der Waals surface area (Å²) in [5, 5.41) is 1.45. The Morgan fingerprint density at radius 2 is 1.94 bits per heavy atom. The highest BCUT2D eigenvalue weighted by molar-refractivity contribution is 9.10. The fourth-order valence-corrected chi connectivity index (χ4v) is 2.58. The third-order valence-corrected chi connectivity index (χ3v) is 3.97. The molecule has 3 aromatic heterocycles. The second-order valence-corrected chi connectivity index (χ2v) is 5.02. The van der Waals surface area contributed by atoms with Crippen molar-refractivity contribution < 1.29 is 0 Å². The minimum atomic E-state index is 0.536. The lowest BCUT2D eigenvalue weighted by molar-refractivity contribution is 1.14. The van der Waals surface area contributed by atoms with E-state index in [2.05, 4.69) is 35.9 Å². The van der Waals surface area contributed by atoms with Crippen LogP contribution in [0.1, 0.15) is 5.69 Å². The van der Waals surface area contributed by atoms with Gasteiger partial charge in [0.1, 0.15) is 10.8 Å². The smallest absolute Gasteiger partial charge is 0.161 e. The highest BCUT2D eigenvalue weighted by Gasteiger charge is 2.14. The van der Waals surface area contributed by atoms with Gasteiger partial charge >= 0.3 is 0 Å². The average Bonchev–Trinajstić information content (AvgIpc) is 2.66. The number of fused-ring (bicyclic) bond motifs is 1. The number of nitrogens with zero attached hydrogens (tertiary/aromatic N) is 3. The van der Waals surface area contributed by atoms with Crippen LogP contribution in [0.25, 0.3) is 22.4 Å². The van der Waals surface area contributed by atoms with Gasteiger partial charge in [-0.3, -0.25) is 4.98 Å². The van der Waals surface area contributed by atoms with Gasteiger partial charge in [-0.25, -0.2) is 9.97 Å². The van der Waals surface area contributed by atoms with Crippen LogP contribution in [0.3, 0.4) is 0 Å². The Morgan fingerprint density at radius 3 is 2.67 bits per heavy atom. The molecule has 6 heteroatoms. The van der Waals surface area contributed by atoms with Crippen molar-refractivity contribution in [2.24, 2.45) is 0 Å². The minimum Gasteiger partial charge on any atom is -0.329 e. The highest BCUT2D eigenvalue weighted by Crippen LogP contribution is 2.32. The standard InChI is InChI=1S/C12H8BrClN4/c1-6-8-9(13)10(14)17-12(8)18-11(16-6)7-2-4-15-5-3-7/h2-5H,1H3,(H,16,17,18). The first-order valence-corrected chi connectivity index (χ1v) is 6.45. The normalized spacial score (nSPS) is 11.1. The van der Waals surface area contributed by atoms with Gasteiger partial charge in [0, 0.05) is 18.0 Å². The lowest BCUT2D eigenvalue weighted by Gasteiger charge is -2.02. The Hall–Kier alpha value is -1.46. The minimum absolute atomic E-state index is 0.536. The van der Waals surface area contributed by atoms with E-state index in [1.807, 2.05) is 19.1 Å². The number of hydrogen-bond donors (Lipinski definition) is 1. The van der Waals surface area contributed by atoms with Crippen LogP contribution in [0.4, 0.5) is 0 Å². The number of rotatable bonds is 1. The van der Waals surface area contributed by atoms with Crippen molar-refractivity contribution in [1.82, 2.24) is 19.9 Å². The van der Waals surface area contributed by atoms with Crippen molar-refractivity contribution in [3.63, 3.8) is 0 Å². The molecule has 4 nitrogen and oxygen atoms in total.